The summed E-state index contributed by atoms with van der Waals surface area (Å²) in [6, 6.07) is 0.255. The van der Waals surface area contributed by atoms with E-state index in [1.807, 2.05) is 0 Å². The third-order valence-corrected chi connectivity index (χ3v) is 4.47. The summed E-state index contributed by atoms with van der Waals surface area (Å²) in [5.41, 5.74) is 12.7. The number of piperidine rings is 1. The van der Waals surface area contributed by atoms with E-state index in [0.717, 1.165) is 44.0 Å². The third-order valence-electron chi connectivity index (χ3n) is 4.16. The van der Waals surface area contributed by atoms with Crippen molar-refractivity contribution in [3.63, 3.8) is 0 Å². The number of halogens is 1. The van der Waals surface area contributed by atoms with Gasteiger partial charge in [-0.3, -0.25) is 0 Å². The van der Waals surface area contributed by atoms with Crippen LogP contribution in [-0.2, 0) is 6.42 Å². The van der Waals surface area contributed by atoms with E-state index in [1.165, 1.54) is 12.8 Å². The van der Waals surface area contributed by atoms with Crippen LogP contribution in [0.4, 0.5) is 5.82 Å². The van der Waals surface area contributed by atoms with Gasteiger partial charge in [-0.05, 0) is 58.5 Å². The van der Waals surface area contributed by atoms with Crippen LogP contribution in [0.15, 0.2) is 0 Å². The van der Waals surface area contributed by atoms with Gasteiger partial charge in [0.2, 0.25) is 0 Å². The highest BCUT2D eigenvalue weighted by Crippen LogP contribution is 2.26. The quantitative estimate of drug-likeness (QED) is 0.813. The minimum atomic E-state index is 0.255. The Morgan fingerprint density at radius 3 is 2.57 bits per heavy atom. The van der Waals surface area contributed by atoms with Crippen LogP contribution in [0.1, 0.15) is 37.6 Å². The van der Waals surface area contributed by atoms with Crippen molar-refractivity contribution >= 4 is 17.4 Å². The number of rotatable bonds is 5. The van der Waals surface area contributed by atoms with Gasteiger partial charge in [-0.15, -0.1) is 0 Å². The van der Waals surface area contributed by atoms with Gasteiger partial charge < -0.3 is 16.4 Å². The van der Waals surface area contributed by atoms with E-state index in [1.54, 1.807) is 6.92 Å². The Morgan fingerprint density at radius 2 is 2.00 bits per heavy atom. The second kappa shape index (κ2) is 7.38. The number of aryl methyl sites for hydroxylation is 1. The monoisotopic (exact) mass is 311 g/mol. The molecule has 6 heteroatoms. The van der Waals surface area contributed by atoms with Crippen LogP contribution in [-0.4, -0.2) is 40.5 Å². The lowest BCUT2D eigenvalue weighted by Gasteiger charge is -2.33. The standard InChI is InChI=1S/C15H26ClN5/c1-10(17)9-21-7-5-12(6-8-21)3-4-13-14(16)19-11(2)20-15(13)18/h10,12H,3-9,17H2,1-2H3,(H2,18,19,20)/t10-/m0/s1. The number of hydrogen-bond donors (Lipinski definition) is 2. The number of aromatic nitrogens is 2. The molecule has 0 spiro atoms. The molecule has 1 saturated heterocycles. The lowest BCUT2D eigenvalue weighted by Crippen LogP contribution is -2.40. The molecule has 0 aliphatic carbocycles. The summed E-state index contributed by atoms with van der Waals surface area (Å²) in [7, 11) is 0. The first-order valence-corrected chi connectivity index (χ1v) is 8.10. The maximum absolute atomic E-state index is 6.18. The van der Waals surface area contributed by atoms with E-state index in [4.69, 9.17) is 23.1 Å². The van der Waals surface area contributed by atoms with Crippen molar-refractivity contribution in [3.8, 4) is 0 Å². The van der Waals surface area contributed by atoms with Crippen molar-refractivity contribution in [1.29, 1.82) is 0 Å². The Kier molecular flexibility index (Phi) is 5.79. The van der Waals surface area contributed by atoms with Crippen LogP contribution >= 0.6 is 11.6 Å². The average molecular weight is 312 g/mol. The first-order chi connectivity index (χ1) is 9.95. The minimum absolute atomic E-state index is 0.255. The molecule has 5 nitrogen and oxygen atoms in total. The maximum atomic E-state index is 6.18. The molecule has 1 fully saturated rings. The van der Waals surface area contributed by atoms with Gasteiger partial charge in [0.25, 0.3) is 0 Å². The Hall–Kier alpha value is -0.910. The molecular formula is C15H26ClN5. The van der Waals surface area contributed by atoms with Gasteiger partial charge in [-0.1, -0.05) is 11.6 Å². The molecule has 4 N–H and O–H groups in total. The summed E-state index contributed by atoms with van der Waals surface area (Å²) >= 11 is 6.18. The smallest absolute Gasteiger partial charge is 0.138 e. The van der Waals surface area contributed by atoms with Crippen molar-refractivity contribution in [3.05, 3.63) is 16.5 Å². The van der Waals surface area contributed by atoms with Crippen molar-refractivity contribution in [1.82, 2.24) is 14.9 Å². The SMILES string of the molecule is Cc1nc(N)c(CCC2CCN(C[C@H](C)N)CC2)c(Cl)n1. The van der Waals surface area contributed by atoms with Gasteiger partial charge in [0.15, 0.2) is 0 Å². The average Bonchev–Trinajstić information content (AvgIpc) is 2.38. The Balaban J connectivity index is 1.83. The van der Waals surface area contributed by atoms with E-state index >= 15 is 0 Å². The van der Waals surface area contributed by atoms with Gasteiger partial charge >= 0.3 is 0 Å². The molecule has 0 radical (unpaired) electrons. The molecule has 0 bridgehead atoms. The highest BCUT2D eigenvalue weighted by molar-refractivity contribution is 6.30. The Labute approximate surface area is 132 Å². The largest absolute Gasteiger partial charge is 0.383 e. The zero-order chi connectivity index (χ0) is 15.4. The number of anilines is 1. The number of nitrogens with zero attached hydrogens (tertiary/aromatic N) is 3. The minimum Gasteiger partial charge on any atom is -0.383 e. The van der Waals surface area contributed by atoms with E-state index < -0.39 is 0 Å². The summed E-state index contributed by atoms with van der Waals surface area (Å²) < 4.78 is 0. The second-order valence-corrected chi connectivity index (χ2v) is 6.54. The number of nitrogen functional groups attached to an aromatic ring is 1. The fourth-order valence-corrected chi connectivity index (χ4v) is 3.34. The highest BCUT2D eigenvalue weighted by Gasteiger charge is 2.20. The fraction of sp³-hybridized carbons (Fsp3) is 0.733. The van der Waals surface area contributed by atoms with Gasteiger partial charge in [0.1, 0.15) is 16.8 Å². The number of likely N-dealkylation sites (tertiary alicyclic amines) is 1. The lowest BCUT2D eigenvalue weighted by atomic mass is 9.90. The molecule has 0 aromatic carbocycles. The van der Waals surface area contributed by atoms with Gasteiger partial charge in [0.05, 0.1) is 0 Å². The molecule has 1 aliphatic heterocycles. The molecular weight excluding hydrogens is 286 g/mol. The molecule has 21 heavy (non-hydrogen) atoms. The van der Waals surface area contributed by atoms with Crippen LogP contribution in [0.5, 0.6) is 0 Å². The van der Waals surface area contributed by atoms with Gasteiger partial charge in [-0.2, -0.15) is 0 Å². The highest BCUT2D eigenvalue weighted by atomic mass is 35.5. The first kappa shape index (κ1) is 16.5. The summed E-state index contributed by atoms with van der Waals surface area (Å²) in [6.07, 6.45) is 4.40. The van der Waals surface area contributed by atoms with E-state index in [-0.39, 0.29) is 6.04 Å². The Morgan fingerprint density at radius 1 is 1.33 bits per heavy atom. The summed E-state index contributed by atoms with van der Waals surface area (Å²) in [5.74, 6) is 1.89. The zero-order valence-corrected chi connectivity index (χ0v) is 13.7. The molecule has 0 unspecified atom stereocenters. The second-order valence-electron chi connectivity index (χ2n) is 6.19. The lowest BCUT2D eigenvalue weighted by molar-refractivity contribution is 0.173. The number of hydrogen-bond acceptors (Lipinski definition) is 5. The third kappa shape index (κ3) is 4.80. The topological polar surface area (TPSA) is 81.1 Å². The first-order valence-electron chi connectivity index (χ1n) is 7.72. The predicted molar refractivity (Wildman–Crippen MR) is 87.3 cm³/mol. The normalized spacial score (nSPS) is 18.9. The molecule has 1 aliphatic rings. The van der Waals surface area contributed by atoms with Crippen LogP contribution in [0.3, 0.4) is 0 Å². The molecule has 1 aromatic rings. The molecule has 1 aromatic heterocycles. The summed E-state index contributed by atoms with van der Waals surface area (Å²) in [4.78, 5) is 10.9. The molecule has 118 valence electrons. The van der Waals surface area contributed by atoms with Crippen LogP contribution < -0.4 is 11.5 Å². The van der Waals surface area contributed by atoms with Crippen LogP contribution in [0.2, 0.25) is 5.15 Å². The summed E-state index contributed by atoms with van der Waals surface area (Å²) in [5, 5.41) is 0.509. The maximum Gasteiger partial charge on any atom is 0.138 e. The fourth-order valence-electron chi connectivity index (χ4n) is 3.03. The van der Waals surface area contributed by atoms with Crippen molar-refractivity contribution in [2.75, 3.05) is 25.4 Å². The van der Waals surface area contributed by atoms with Crippen molar-refractivity contribution < 1.29 is 0 Å². The van der Waals surface area contributed by atoms with Gasteiger partial charge in [0, 0.05) is 18.2 Å². The van der Waals surface area contributed by atoms with Crippen molar-refractivity contribution in [2.24, 2.45) is 11.7 Å². The molecule has 0 saturated carbocycles. The Bertz CT molecular complexity index is 446. The molecule has 2 rings (SSSR count). The van der Waals surface area contributed by atoms with Crippen molar-refractivity contribution in [2.45, 2.75) is 45.6 Å². The molecule has 2 heterocycles. The molecule has 0 amide bonds. The van der Waals surface area contributed by atoms with Crippen LogP contribution in [0, 0.1) is 12.8 Å². The van der Waals surface area contributed by atoms with Crippen LogP contribution in [0.25, 0.3) is 0 Å². The number of nitrogens with two attached hydrogens (primary N) is 2. The zero-order valence-electron chi connectivity index (χ0n) is 13.0. The van der Waals surface area contributed by atoms with E-state index in [0.29, 0.717) is 16.8 Å². The molecule has 1 atom stereocenters. The van der Waals surface area contributed by atoms with Gasteiger partial charge in [-0.25, -0.2) is 9.97 Å². The van der Waals surface area contributed by atoms with E-state index in [9.17, 15) is 0 Å². The predicted octanol–water partition coefficient (Wildman–Crippen LogP) is 2.01. The summed E-state index contributed by atoms with van der Waals surface area (Å²) in [6.45, 7) is 7.14. The van der Waals surface area contributed by atoms with E-state index in [2.05, 4.69) is 21.8 Å².